The normalized spacial score (nSPS) is 19.7. The van der Waals surface area contributed by atoms with Crippen LogP contribution in [0.5, 0.6) is 0 Å². The highest BCUT2D eigenvalue weighted by atomic mass is 15.3. The van der Waals surface area contributed by atoms with Crippen molar-refractivity contribution in [1.29, 1.82) is 0 Å². The van der Waals surface area contributed by atoms with Crippen LogP contribution in [0.15, 0.2) is 42.6 Å². The number of nitrogens with zero attached hydrogens (tertiary/aromatic N) is 3. The van der Waals surface area contributed by atoms with Crippen molar-refractivity contribution in [3.05, 3.63) is 53.7 Å². The van der Waals surface area contributed by atoms with Crippen LogP contribution in [-0.4, -0.2) is 36.6 Å². The summed E-state index contributed by atoms with van der Waals surface area (Å²) in [6, 6.07) is 13.1. The van der Waals surface area contributed by atoms with Gasteiger partial charge in [-0.3, -0.25) is 0 Å². The van der Waals surface area contributed by atoms with E-state index < -0.39 is 0 Å². The van der Waals surface area contributed by atoms with Crippen LogP contribution in [0.4, 0.5) is 11.5 Å². The van der Waals surface area contributed by atoms with E-state index in [4.69, 9.17) is 5.73 Å². The topological polar surface area (TPSA) is 45.4 Å². The fourth-order valence-corrected chi connectivity index (χ4v) is 2.86. The van der Waals surface area contributed by atoms with Crippen molar-refractivity contribution >= 4 is 11.5 Å². The lowest BCUT2D eigenvalue weighted by atomic mass is 10.0. The summed E-state index contributed by atoms with van der Waals surface area (Å²) in [5.74, 6) is 1.02. The van der Waals surface area contributed by atoms with Crippen LogP contribution < -0.4 is 10.6 Å². The van der Waals surface area contributed by atoms with Crippen molar-refractivity contribution in [1.82, 2.24) is 9.88 Å². The zero-order chi connectivity index (χ0) is 14.8. The molecule has 1 aliphatic rings. The summed E-state index contributed by atoms with van der Waals surface area (Å²) in [6.07, 6.45) is 1.77. The fraction of sp³-hybridized carbons (Fsp3) is 0.353. The minimum absolute atomic E-state index is 0.334. The molecule has 1 aliphatic heterocycles. The van der Waals surface area contributed by atoms with Crippen LogP contribution in [0.2, 0.25) is 0 Å². The molecule has 1 unspecified atom stereocenters. The monoisotopic (exact) mass is 282 g/mol. The first-order valence-electron chi connectivity index (χ1n) is 7.37. The Bertz CT molecular complexity index is 611. The number of nitrogens with two attached hydrogens (primary N) is 1. The Morgan fingerprint density at radius 1 is 1.19 bits per heavy atom. The van der Waals surface area contributed by atoms with Gasteiger partial charge in [0.05, 0.1) is 17.9 Å². The van der Waals surface area contributed by atoms with Gasteiger partial charge in [-0.25, -0.2) is 4.98 Å². The van der Waals surface area contributed by atoms with E-state index in [1.165, 1.54) is 5.56 Å². The summed E-state index contributed by atoms with van der Waals surface area (Å²) >= 11 is 0. The third-order valence-electron chi connectivity index (χ3n) is 4.20. The Hall–Kier alpha value is -2.07. The number of pyridine rings is 1. The van der Waals surface area contributed by atoms with Crippen molar-refractivity contribution < 1.29 is 0 Å². The number of aryl methyl sites for hydroxylation is 1. The van der Waals surface area contributed by atoms with E-state index in [0.29, 0.717) is 6.04 Å². The van der Waals surface area contributed by atoms with Gasteiger partial charge in [-0.1, -0.05) is 30.3 Å². The molecule has 0 spiro atoms. The third kappa shape index (κ3) is 2.85. The van der Waals surface area contributed by atoms with Gasteiger partial charge in [-0.15, -0.1) is 0 Å². The van der Waals surface area contributed by atoms with Crippen molar-refractivity contribution in [3.8, 4) is 0 Å². The maximum atomic E-state index is 5.90. The van der Waals surface area contributed by atoms with Gasteiger partial charge >= 0.3 is 0 Å². The summed E-state index contributed by atoms with van der Waals surface area (Å²) in [6.45, 7) is 5.07. The first-order valence-corrected chi connectivity index (χ1v) is 7.37. The van der Waals surface area contributed by atoms with E-state index in [9.17, 15) is 0 Å². The number of hydrogen-bond donors (Lipinski definition) is 1. The van der Waals surface area contributed by atoms with Crippen LogP contribution >= 0.6 is 0 Å². The molecule has 0 aliphatic carbocycles. The van der Waals surface area contributed by atoms with Gasteiger partial charge in [0.2, 0.25) is 0 Å². The molecule has 1 fully saturated rings. The minimum atomic E-state index is 0.334. The molecule has 0 radical (unpaired) electrons. The van der Waals surface area contributed by atoms with Crippen molar-refractivity contribution in [3.63, 3.8) is 0 Å². The molecule has 0 saturated carbocycles. The van der Waals surface area contributed by atoms with E-state index in [2.05, 4.69) is 58.2 Å². The molecule has 21 heavy (non-hydrogen) atoms. The van der Waals surface area contributed by atoms with E-state index >= 15 is 0 Å². The molecular formula is C17H22N4. The Morgan fingerprint density at radius 3 is 2.67 bits per heavy atom. The molecule has 4 heteroatoms. The predicted molar refractivity (Wildman–Crippen MR) is 87.4 cm³/mol. The SMILES string of the molecule is Cc1cc(N2CCN(C)CC2c2ccccc2)ncc1N. The average molecular weight is 282 g/mol. The Morgan fingerprint density at radius 2 is 1.95 bits per heavy atom. The molecule has 1 saturated heterocycles. The smallest absolute Gasteiger partial charge is 0.129 e. The van der Waals surface area contributed by atoms with Crippen LogP contribution in [-0.2, 0) is 0 Å². The van der Waals surface area contributed by atoms with Gasteiger partial charge in [0.25, 0.3) is 0 Å². The van der Waals surface area contributed by atoms with E-state index in [1.54, 1.807) is 6.20 Å². The zero-order valence-electron chi connectivity index (χ0n) is 12.7. The maximum absolute atomic E-state index is 5.90. The van der Waals surface area contributed by atoms with Gasteiger partial charge in [0, 0.05) is 19.6 Å². The third-order valence-corrected chi connectivity index (χ3v) is 4.20. The molecule has 2 aromatic rings. The number of rotatable bonds is 2. The number of anilines is 2. The summed E-state index contributed by atoms with van der Waals surface area (Å²) < 4.78 is 0. The van der Waals surface area contributed by atoms with Gasteiger partial charge < -0.3 is 15.5 Å². The maximum Gasteiger partial charge on any atom is 0.129 e. The quantitative estimate of drug-likeness (QED) is 0.919. The van der Waals surface area contributed by atoms with E-state index in [-0.39, 0.29) is 0 Å². The summed E-state index contributed by atoms with van der Waals surface area (Å²) in [5.41, 5.74) is 9.07. The predicted octanol–water partition coefficient (Wildman–Crippen LogP) is 2.47. The standard InChI is InChI=1S/C17H22N4/c1-13-10-17(19-11-15(13)18)21-9-8-20(2)12-16(21)14-6-4-3-5-7-14/h3-7,10-11,16H,8-9,12,18H2,1-2H3. The molecular weight excluding hydrogens is 260 g/mol. The molecule has 110 valence electrons. The second-order valence-electron chi connectivity index (χ2n) is 5.78. The lowest BCUT2D eigenvalue weighted by Gasteiger charge is -2.41. The summed E-state index contributed by atoms with van der Waals surface area (Å²) in [4.78, 5) is 9.31. The van der Waals surface area contributed by atoms with E-state index in [0.717, 1.165) is 36.7 Å². The van der Waals surface area contributed by atoms with Gasteiger partial charge in [-0.05, 0) is 31.2 Å². The highest BCUT2D eigenvalue weighted by molar-refractivity contribution is 5.53. The van der Waals surface area contributed by atoms with Crippen molar-refractivity contribution in [2.75, 3.05) is 37.3 Å². The van der Waals surface area contributed by atoms with Gasteiger partial charge in [-0.2, -0.15) is 0 Å². The zero-order valence-corrected chi connectivity index (χ0v) is 12.7. The number of nitrogen functional groups attached to an aromatic ring is 1. The molecule has 0 amide bonds. The lowest BCUT2D eigenvalue weighted by molar-refractivity contribution is 0.268. The Labute approximate surface area is 126 Å². The van der Waals surface area contributed by atoms with Crippen molar-refractivity contribution in [2.24, 2.45) is 0 Å². The molecule has 1 atom stereocenters. The molecule has 4 nitrogen and oxygen atoms in total. The van der Waals surface area contributed by atoms with E-state index in [1.807, 2.05) is 6.92 Å². The van der Waals surface area contributed by atoms with Crippen LogP contribution in [0.3, 0.4) is 0 Å². The first kappa shape index (κ1) is 13.9. The molecule has 1 aromatic carbocycles. The molecule has 2 N–H and O–H groups in total. The number of aromatic nitrogens is 1. The van der Waals surface area contributed by atoms with Crippen LogP contribution in [0.1, 0.15) is 17.2 Å². The molecule has 1 aromatic heterocycles. The Kier molecular flexibility index (Phi) is 3.80. The summed E-state index contributed by atoms with van der Waals surface area (Å²) in [5, 5.41) is 0. The van der Waals surface area contributed by atoms with Gasteiger partial charge in [0.1, 0.15) is 5.82 Å². The molecule has 0 bridgehead atoms. The lowest BCUT2D eigenvalue weighted by Crippen LogP contribution is -2.47. The second-order valence-corrected chi connectivity index (χ2v) is 5.78. The van der Waals surface area contributed by atoms with Crippen LogP contribution in [0.25, 0.3) is 0 Å². The first-order chi connectivity index (χ1) is 10.1. The van der Waals surface area contributed by atoms with Gasteiger partial charge in [0.15, 0.2) is 0 Å². The molecule has 2 heterocycles. The Balaban J connectivity index is 1.96. The number of likely N-dealkylation sites (N-methyl/N-ethyl adjacent to an activating group) is 1. The number of piperazine rings is 1. The fourth-order valence-electron chi connectivity index (χ4n) is 2.86. The van der Waals surface area contributed by atoms with Crippen LogP contribution in [0, 0.1) is 6.92 Å². The highest BCUT2D eigenvalue weighted by Gasteiger charge is 2.27. The highest BCUT2D eigenvalue weighted by Crippen LogP contribution is 2.30. The largest absolute Gasteiger partial charge is 0.397 e. The minimum Gasteiger partial charge on any atom is -0.397 e. The molecule has 3 rings (SSSR count). The number of hydrogen-bond acceptors (Lipinski definition) is 4. The van der Waals surface area contributed by atoms with Crippen molar-refractivity contribution in [2.45, 2.75) is 13.0 Å². The average Bonchev–Trinajstić information content (AvgIpc) is 2.51. The number of benzene rings is 1. The summed E-state index contributed by atoms with van der Waals surface area (Å²) in [7, 11) is 2.18. The second kappa shape index (κ2) is 5.74.